The largest absolute Gasteiger partial charge is 0.381 e. The molecule has 6 heteroatoms. The Balaban J connectivity index is 1.51. The van der Waals surface area contributed by atoms with Crippen LogP contribution in [0.25, 0.3) is 0 Å². The minimum Gasteiger partial charge on any atom is -0.381 e. The lowest BCUT2D eigenvalue weighted by Crippen LogP contribution is -2.42. The molecule has 1 aromatic heterocycles. The average Bonchev–Trinajstić information content (AvgIpc) is 3.20. The third kappa shape index (κ3) is 3.52. The van der Waals surface area contributed by atoms with E-state index in [0.29, 0.717) is 0 Å². The third-order valence-corrected chi connectivity index (χ3v) is 5.73. The summed E-state index contributed by atoms with van der Waals surface area (Å²) in [6, 6.07) is 9.74. The minimum absolute atomic E-state index is 0.0109. The number of anilines is 1. The van der Waals surface area contributed by atoms with Crippen LogP contribution in [0.2, 0.25) is 0 Å². The molecule has 3 heterocycles. The van der Waals surface area contributed by atoms with Gasteiger partial charge in [-0.25, -0.2) is 0 Å². The predicted molar refractivity (Wildman–Crippen MR) is 99.5 cm³/mol. The number of aryl methyl sites for hydroxylation is 1. The van der Waals surface area contributed by atoms with Gasteiger partial charge in [-0.15, -0.1) is 0 Å². The van der Waals surface area contributed by atoms with Gasteiger partial charge < -0.3 is 10.1 Å². The highest BCUT2D eigenvalue weighted by molar-refractivity contribution is 5.93. The molecule has 2 aliphatic rings. The number of benzene rings is 1. The third-order valence-electron chi connectivity index (χ3n) is 5.73. The fourth-order valence-corrected chi connectivity index (χ4v) is 4.40. The van der Waals surface area contributed by atoms with E-state index in [1.165, 1.54) is 5.56 Å². The number of rotatable bonds is 4. The average molecular weight is 354 g/mol. The van der Waals surface area contributed by atoms with Gasteiger partial charge in [0.05, 0.1) is 12.1 Å². The van der Waals surface area contributed by atoms with Crippen LogP contribution in [0.1, 0.15) is 18.4 Å². The standard InChI is InChI=1S/C20H26N4O2/c1-23-12-16(11-21-23)13-24-14-18(20(15-24)7-9-26-10-8-20)19(25)22-17-5-3-2-4-6-17/h2-6,11-12,18H,7-10,13-15H2,1H3,(H,22,25)/t18-/m1/s1. The first kappa shape index (κ1) is 17.2. The molecule has 6 nitrogen and oxygen atoms in total. The monoisotopic (exact) mass is 354 g/mol. The molecular weight excluding hydrogens is 328 g/mol. The van der Waals surface area contributed by atoms with Crippen LogP contribution in [0.3, 0.4) is 0 Å². The van der Waals surface area contributed by atoms with Gasteiger partial charge in [0.2, 0.25) is 5.91 Å². The van der Waals surface area contributed by atoms with E-state index in [0.717, 1.165) is 51.4 Å². The van der Waals surface area contributed by atoms with Crippen molar-refractivity contribution >= 4 is 11.6 Å². The molecule has 26 heavy (non-hydrogen) atoms. The first-order valence-corrected chi connectivity index (χ1v) is 9.28. The van der Waals surface area contributed by atoms with Gasteiger partial charge in [0.1, 0.15) is 0 Å². The lowest BCUT2D eigenvalue weighted by Gasteiger charge is -2.37. The van der Waals surface area contributed by atoms with Crippen molar-refractivity contribution in [2.24, 2.45) is 18.4 Å². The van der Waals surface area contributed by atoms with Gasteiger partial charge in [0, 0.05) is 62.8 Å². The Morgan fingerprint density at radius 1 is 1.31 bits per heavy atom. The van der Waals surface area contributed by atoms with E-state index in [9.17, 15) is 4.79 Å². The first-order chi connectivity index (χ1) is 12.6. The minimum atomic E-state index is -0.0109. The van der Waals surface area contributed by atoms with Crippen LogP contribution in [0.4, 0.5) is 5.69 Å². The molecule has 0 unspecified atom stereocenters. The quantitative estimate of drug-likeness (QED) is 0.915. The molecule has 1 N–H and O–H groups in total. The zero-order chi connectivity index (χ0) is 18.0. The van der Waals surface area contributed by atoms with Crippen molar-refractivity contribution in [1.82, 2.24) is 14.7 Å². The lowest BCUT2D eigenvalue weighted by atomic mass is 9.71. The smallest absolute Gasteiger partial charge is 0.229 e. The molecule has 0 radical (unpaired) electrons. The summed E-state index contributed by atoms with van der Waals surface area (Å²) in [4.78, 5) is 15.5. The maximum Gasteiger partial charge on any atom is 0.229 e. The van der Waals surface area contributed by atoms with Crippen molar-refractivity contribution in [2.75, 3.05) is 31.6 Å². The van der Waals surface area contributed by atoms with E-state index in [4.69, 9.17) is 4.74 Å². The molecular formula is C20H26N4O2. The Labute approximate surface area is 154 Å². The van der Waals surface area contributed by atoms with Gasteiger partial charge in [0.25, 0.3) is 0 Å². The highest BCUT2D eigenvalue weighted by Crippen LogP contribution is 2.45. The fraction of sp³-hybridized carbons (Fsp3) is 0.500. The number of carbonyl (C=O) groups excluding carboxylic acids is 1. The summed E-state index contributed by atoms with van der Waals surface area (Å²) >= 11 is 0. The maximum absolute atomic E-state index is 13.1. The number of hydrogen-bond donors (Lipinski definition) is 1. The fourth-order valence-electron chi connectivity index (χ4n) is 4.40. The number of para-hydroxylation sites is 1. The second-order valence-corrected chi connectivity index (χ2v) is 7.57. The van der Waals surface area contributed by atoms with Crippen LogP contribution >= 0.6 is 0 Å². The molecule has 0 saturated carbocycles. The summed E-state index contributed by atoms with van der Waals surface area (Å²) in [5.41, 5.74) is 2.07. The van der Waals surface area contributed by atoms with Crippen LogP contribution < -0.4 is 5.32 Å². The number of nitrogens with one attached hydrogen (secondary N) is 1. The summed E-state index contributed by atoms with van der Waals surface area (Å²) in [7, 11) is 1.93. The van der Waals surface area contributed by atoms with E-state index in [-0.39, 0.29) is 17.2 Å². The van der Waals surface area contributed by atoms with Gasteiger partial charge in [-0.1, -0.05) is 18.2 Å². The number of ether oxygens (including phenoxy) is 1. The molecule has 2 saturated heterocycles. The van der Waals surface area contributed by atoms with Crippen LogP contribution in [0.5, 0.6) is 0 Å². The second kappa shape index (κ2) is 7.21. The number of carbonyl (C=O) groups is 1. The van der Waals surface area contributed by atoms with Crippen molar-refractivity contribution in [2.45, 2.75) is 19.4 Å². The van der Waals surface area contributed by atoms with Gasteiger partial charge in [-0.2, -0.15) is 5.10 Å². The topological polar surface area (TPSA) is 59.4 Å². The van der Waals surface area contributed by atoms with Crippen molar-refractivity contribution in [1.29, 1.82) is 0 Å². The highest BCUT2D eigenvalue weighted by Gasteiger charge is 2.50. The Hall–Kier alpha value is -2.18. The van der Waals surface area contributed by atoms with E-state index >= 15 is 0 Å². The molecule has 1 aromatic carbocycles. The second-order valence-electron chi connectivity index (χ2n) is 7.57. The number of nitrogens with zero attached hydrogens (tertiary/aromatic N) is 3. The number of likely N-dealkylation sites (tertiary alicyclic amines) is 1. The Bertz CT molecular complexity index is 752. The Kier molecular flexibility index (Phi) is 4.78. The summed E-state index contributed by atoms with van der Waals surface area (Å²) in [5, 5.41) is 7.38. The van der Waals surface area contributed by atoms with Crippen LogP contribution in [0, 0.1) is 11.3 Å². The van der Waals surface area contributed by atoms with Gasteiger partial charge in [-0.05, 0) is 25.0 Å². The first-order valence-electron chi connectivity index (χ1n) is 9.28. The molecule has 1 atom stereocenters. The van der Waals surface area contributed by atoms with Crippen molar-refractivity contribution in [3.8, 4) is 0 Å². The van der Waals surface area contributed by atoms with Gasteiger partial charge in [-0.3, -0.25) is 14.4 Å². The molecule has 138 valence electrons. The highest BCUT2D eigenvalue weighted by atomic mass is 16.5. The van der Waals surface area contributed by atoms with Crippen molar-refractivity contribution in [3.05, 3.63) is 48.3 Å². The van der Waals surface area contributed by atoms with Crippen LogP contribution in [-0.2, 0) is 23.1 Å². The molecule has 2 fully saturated rings. The molecule has 0 aliphatic carbocycles. The molecule has 2 aromatic rings. The maximum atomic E-state index is 13.1. The van der Waals surface area contributed by atoms with E-state index in [1.54, 1.807) is 0 Å². The Morgan fingerprint density at radius 2 is 2.08 bits per heavy atom. The summed E-state index contributed by atoms with van der Waals surface area (Å²) in [6.45, 7) is 4.06. The van der Waals surface area contributed by atoms with E-state index in [2.05, 4.69) is 15.3 Å². The van der Waals surface area contributed by atoms with E-state index < -0.39 is 0 Å². The molecule has 1 amide bonds. The Morgan fingerprint density at radius 3 is 2.77 bits per heavy atom. The molecule has 0 bridgehead atoms. The number of amides is 1. The van der Waals surface area contributed by atoms with Gasteiger partial charge >= 0.3 is 0 Å². The van der Waals surface area contributed by atoms with Crippen LogP contribution in [0.15, 0.2) is 42.7 Å². The normalized spacial score (nSPS) is 22.6. The zero-order valence-corrected chi connectivity index (χ0v) is 15.2. The lowest BCUT2D eigenvalue weighted by molar-refractivity contribution is -0.124. The molecule has 2 aliphatic heterocycles. The number of hydrogen-bond acceptors (Lipinski definition) is 4. The predicted octanol–water partition coefficient (Wildman–Crippen LogP) is 2.29. The van der Waals surface area contributed by atoms with Crippen molar-refractivity contribution in [3.63, 3.8) is 0 Å². The van der Waals surface area contributed by atoms with Gasteiger partial charge in [0.15, 0.2) is 0 Å². The number of aromatic nitrogens is 2. The van der Waals surface area contributed by atoms with Crippen molar-refractivity contribution < 1.29 is 9.53 Å². The summed E-state index contributed by atoms with van der Waals surface area (Å²) in [6.07, 6.45) is 5.86. The van der Waals surface area contributed by atoms with Crippen LogP contribution in [-0.4, -0.2) is 46.9 Å². The zero-order valence-electron chi connectivity index (χ0n) is 15.2. The summed E-state index contributed by atoms with van der Waals surface area (Å²) in [5.74, 6) is 0.120. The molecule has 1 spiro atoms. The van der Waals surface area contributed by atoms with E-state index in [1.807, 2.05) is 54.5 Å². The SMILES string of the molecule is Cn1cc(CN2C[C@H](C(=O)Nc3ccccc3)C3(CCOCC3)C2)cn1. The summed E-state index contributed by atoms with van der Waals surface area (Å²) < 4.78 is 7.42. The molecule has 4 rings (SSSR count).